The number of hydrogen-bond donors (Lipinski definition) is 2. The number of amides is 2. The molecule has 0 saturated heterocycles. The summed E-state index contributed by atoms with van der Waals surface area (Å²) in [6.07, 6.45) is 5.63. The first-order valence-corrected chi connectivity index (χ1v) is 7.38. The van der Waals surface area contributed by atoms with Gasteiger partial charge >= 0.3 is 6.03 Å². The number of rotatable bonds is 2. The summed E-state index contributed by atoms with van der Waals surface area (Å²) in [5.74, 6) is -0.376. The van der Waals surface area contributed by atoms with Gasteiger partial charge in [-0.1, -0.05) is 19.3 Å². The maximum Gasteiger partial charge on any atom is 0.319 e. The molecule has 2 N–H and O–H groups in total. The average molecular weight is 329 g/mol. The molecule has 5 heteroatoms. The molecule has 2 amide bonds. The number of halogens is 2. The van der Waals surface area contributed by atoms with Gasteiger partial charge in [0.05, 0.1) is 4.47 Å². The van der Waals surface area contributed by atoms with Crippen LogP contribution in [0.4, 0.5) is 14.9 Å². The van der Waals surface area contributed by atoms with Crippen molar-refractivity contribution in [1.82, 2.24) is 5.32 Å². The maximum atomic E-state index is 13.4. The van der Waals surface area contributed by atoms with Crippen molar-refractivity contribution in [1.29, 1.82) is 0 Å². The summed E-state index contributed by atoms with van der Waals surface area (Å²) in [4.78, 5) is 11.9. The fraction of sp³-hybridized carbons (Fsp3) is 0.500. The van der Waals surface area contributed by atoms with Crippen LogP contribution in [-0.2, 0) is 0 Å². The predicted molar refractivity (Wildman–Crippen MR) is 77.9 cm³/mol. The van der Waals surface area contributed by atoms with Crippen LogP contribution in [0.5, 0.6) is 0 Å². The van der Waals surface area contributed by atoms with Crippen molar-refractivity contribution in [3.05, 3.63) is 28.0 Å². The summed E-state index contributed by atoms with van der Waals surface area (Å²) in [7, 11) is 0. The molecule has 1 saturated carbocycles. The molecule has 0 unspecified atom stereocenters. The molecule has 3 nitrogen and oxygen atoms in total. The Balaban J connectivity index is 1.96. The fourth-order valence-electron chi connectivity index (χ4n) is 2.37. The molecule has 1 aliphatic carbocycles. The Morgan fingerprint density at radius 2 is 2.00 bits per heavy atom. The van der Waals surface area contributed by atoms with Gasteiger partial charge in [-0.05, 0) is 53.4 Å². The smallest absolute Gasteiger partial charge is 0.319 e. The summed E-state index contributed by atoms with van der Waals surface area (Å²) >= 11 is 3.12. The van der Waals surface area contributed by atoms with Crippen LogP contribution in [0.3, 0.4) is 0 Å². The molecular formula is C14H18BrFN2O. The molecule has 0 aliphatic heterocycles. The van der Waals surface area contributed by atoms with Crippen LogP contribution < -0.4 is 10.6 Å². The van der Waals surface area contributed by atoms with E-state index in [1.165, 1.54) is 12.5 Å². The van der Waals surface area contributed by atoms with Crippen LogP contribution in [0.2, 0.25) is 0 Å². The fourth-order valence-corrected chi connectivity index (χ4v) is 2.83. The number of benzene rings is 1. The van der Waals surface area contributed by atoms with E-state index in [9.17, 15) is 9.18 Å². The van der Waals surface area contributed by atoms with Crippen molar-refractivity contribution in [3.8, 4) is 0 Å². The summed E-state index contributed by atoms with van der Waals surface area (Å²) in [6.45, 7) is 1.83. The molecule has 1 aliphatic rings. The molecule has 0 heterocycles. The molecule has 19 heavy (non-hydrogen) atoms. The van der Waals surface area contributed by atoms with Gasteiger partial charge in [-0.3, -0.25) is 0 Å². The lowest BCUT2D eigenvalue weighted by Crippen LogP contribution is -2.39. The Bertz CT molecular complexity index is 473. The Labute approximate surface area is 121 Å². The van der Waals surface area contributed by atoms with E-state index in [2.05, 4.69) is 26.6 Å². The highest BCUT2D eigenvalue weighted by Gasteiger charge is 2.16. The second kappa shape index (κ2) is 6.37. The Kier molecular flexibility index (Phi) is 4.80. The third kappa shape index (κ3) is 3.93. The van der Waals surface area contributed by atoms with E-state index in [0.717, 1.165) is 31.2 Å². The summed E-state index contributed by atoms with van der Waals surface area (Å²) < 4.78 is 13.9. The number of urea groups is 1. The molecule has 1 aromatic carbocycles. The SMILES string of the molecule is Cc1cc(Br)c(F)cc1NC(=O)NC1CCCCC1. The topological polar surface area (TPSA) is 41.1 Å². The minimum Gasteiger partial charge on any atom is -0.335 e. The normalized spacial score (nSPS) is 16.2. The number of aryl methyl sites for hydroxylation is 1. The lowest BCUT2D eigenvalue weighted by Gasteiger charge is -2.23. The Hall–Kier alpha value is -1.10. The van der Waals surface area contributed by atoms with Gasteiger partial charge in [0.1, 0.15) is 5.82 Å². The molecule has 104 valence electrons. The zero-order valence-corrected chi connectivity index (χ0v) is 12.5. The molecule has 0 aromatic heterocycles. The van der Waals surface area contributed by atoms with Crippen molar-refractivity contribution < 1.29 is 9.18 Å². The number of carbonyl (C=O) groups is 1. The average Bonchev–Trinajstić information content (AvgIpc) is 2.37. The minimum atomic E-state index is -0.376. The molecule has 0 spiro atoms. The summed E-state index contributed by atoms with van der Waals surface area (Å²) in [5.41, 5.74) is 1.33. The highest BCUT2D eigenvalue weighted by molar-refractivity contribution is 9.10. The van der Waals surface area contributed by atoms with Crippen molar-refractivity contribution in [2.24, 2.45) is 0 Å². The standard InChI is InChI=1S/C14H18BrFN2O/c1-9-7-11(15)12(16)8-13(9)18-14(19)17-10-5-3-2-4-6-10/h7-8,10H,2-6H2,1H3,(H2,17,18,19). The van der Waals surface area contributed by atoms with Gasteiger partial charge in [0.2, 0.25) is 0 Å². The van der Waals surface area contributed by atoms with E-state index in [1.54, 1.807) is 6.07 Å². The van der Waals surface area contributed by atoms with E-state index in [0.29, 0.717) is 10.2 Å². The van der Waals surface area contributed by atoms with Crippen LogP contribution in [-0.4, -0.2) is 12.1 Å². The van der Waals surface area contributed by atoms with E-state index < -0.39 is 0 Å². The maximum absolute atomic E-state index is 13.4. The second-order valence-electron chi connectivity index (χ2n) is 5.01. The summed E-state index contributed by atoms with van der Waals surface area (Å²) in [6, 6.07) is 2.98. The third-order valence-electron chi connectivity index (χ3n) is 3.46. The largest absolute Gasteiger partial charge is 0.335 e. The first-order valence-electron chi connectivity index (χ1n) is 6.59. The Morgan fingerprint density at radius 3 is 2.68 bits per heavy atom. The second-order valence-corrected chi connectivity index (χ2v) is 5.87. The van der Waals surface area contributed by atoms with Gasteiger partial charge in [-0.2, -0.15) is 0 Å². The van der Waals surface area contributed by atoms with E-state index >= 15 is 0 Å². The van der Waals surface area contributed by atoms with E-state index in [1.807, 2.05) is 6.92 Å². The molecule has 0 bridgehead atoms. The molecule has 1 aromatic rings. The van der Waals surface area contributed by atoms with Crippen LogP contribution in [0.25, 0.3) is 0 Å². The number of carbonyl (C=O) groups excluding carboxylic acids is 1. The highest BCUT2D eigenvalue weighted by atomic mass is 79.9. The molecule has 0 atom stereocenters. The number of anilines is 1. The number of hydrogen-bond acceptors (Lipinski definition) is 1. The molecule has 2 rings (SSSR count). The minimum absolute atomic E-state index is 0.245. The molecular weight excluding hydrogens is 311 g/mol. The monoisotopic (exact) mass is 328 g/mol. The zero-order chi connectivity index (χ0) is 13.8. The van der Waals surface area contributed by atoms with Crippen LogP contribution in [0, 0.1) is 12.7 Å². The van der Waals surface area contributed by atoms with Crippen molar-refractivity contribution >= 4 is 27.6 Å². The van der Waals surface area contributed by atoms with Gasteiger partial charge in [0.25, 0.3) is 0 Å². The predicted octanol–water partition coefficient (Wildman–Crippen LogP) is 4.35. The van der Waals surface area contributed by atoms with E-state index in [-0.39, 0.29) is 17.9 Å². The molecule has 1 fully saturated rings. The van der Waals surface area contributed by atoms with Crippen molar-refractivity contribution in [3.63, 3.8) is 0 Å². The van der Waals surface area contributed by atoms with Gasteiger partial charge in [-0.25, -0.2) is 9.18 Å². The summed E-state index contributed by atoms with van der Waals surface area (Å²) in [5, 5.41) is 5.66. The van der Waals surface area contributed by atoms with Gasteiger partial charge in [0, 0.05) is 11.7 Å². The van der Waals surface area contributed by atoms with Crippen LogP contribution in [0.1, 0.15) is 37.7 Å². The van der Waals surface area contributed by atoms with Crippen molar-refractivity contribution in [2.75, 3.05) is 5.32 Å². The van der Waals surface area contributed by atoms with Gasteiger partial charge in [-0.15, -0.1) is 0 Å². The van der Waals surface area contributed by atoms with Crippen LogP contribution in [0.15, 0.2) is 16.6 Å². The lowest BCUT2D eigenvalue weighted by atomic mass is 9.96. The molecule has 0 radical (unpaired) electrons. The van der Waals surface area contributed by atoms with Gasteiger partial charge < -0.3 is 10.6 Å². The Morgan fingerprint density at radius 1 is 1.32 bits per heavy atom. The quantitative estimate of drug-likeness (QED) is 0.832. The van der Waals surface area contributed by atoms with Crippen molar-refractivity contribution in [2.45, 2.75) is 45.1 Å². The van der Waals surface area contributed by atoms with E-state index in [4.69, 9.17) is 0 Å². The first-order chi connectivity index (χ1) is 9.06. The number of nitrogens with one attached hydrogen (secondary N) is 2. The van der Waals surface area contributed by atoms with Crippen LogP contribution >= 0.6 is 15.9 Å². The first kappa shape index (κ1) is 14.3. The third-order valence-corrected chi connectivity index (χ3v) is 4.06. The lowest BCUT2D eigenvalue weighted by molar-refractivity contribution is 0.244. The zero-order valence-electron chi connectivity index (χ0n) is 10.9. The highest BCUT2D eigenvalue weighted by Crippen LogP contribution is 2.24. The van der Waals surface area contributed by atoms with Gasteiger partial charge in [0.15, 0.2) is 0 Å².